The van der Waals surface area contributed by atoms with E-state index in [0.717, 1.165) is 18.4 Å². The van der Waals surface area contributed by atoms with Gasteiger partial charge in [0.25, 0.3) is 0 Å². The Labute approximate surface area is 98.8 Å². The Morgan fingerprint density at radius 3 is 3.06 bits per heavy atom. The van der Waals surface area contributed by atoms with Crippen LogP contribution >= 0.6 is 0 Å². The summed E-state index contributed by atoms with van der Waals surface area (Å²) >= 11 is 0. The van der Waals surface area contributed by atoms with E-state index in [1.165, 1.54) is 31.2 Å². The van der Waals surface area contributed by atoms with Crippen LogP contribution in [0.15, 0.2) is 18.5 Å². The molecule has 90 valence electrons. The van der Waals surface area contributed by atoms with Crippen LogP contribution in [0.3, 0.4) is 0 Å². The van der Waals surface area contributed by atoms with Crippen molar-refractivity contribution in [2.45, 2.75) is 52.1 Å². The highest BCUT2D eigenvalue weighted by atomic mass is 14.9. The molecule has 1 aliphatic rings. The second-order valence-electron chi connectivity index (χ2n) is 5.42. The van der Waals surface area contributed by atoms with E-state index in [0.29, 0.717) is 6.04 Å². The van der Waals surface area contributed by atoms with E-state index in [4.69, 9.17) is 0 Å². The summed E-state index contributed by atoms with van der Waals surface area (Å²) in [5.74, 6) is 1.80. The molecule has 2 nitrogen and oxygen atoms in total. The van der Waals surface area contributed by atoms with Gasteiger partial charge >= 0.3 is 0 Å². The van der Waals surface area contributed by atoms with Crippen molar-refractivity contribution in [3.63, 3.8) is 0 Å². The Morgan fingerprint density at radius 1 is 1.50 bits per heavy atom. The lowest BCUT2D eigenvalue weighted by Crippen LogP contribution is -2.35. The Hall–Kier alpha value is -0.760. The number of aromatic amines is 1. The molecule has 0 aromatic carbocycles. The summed E-state index contributed by atoms with van der Waals surface area (Å²) in [7, 11) is 0. The molecule has 2 rings (SSSR count). The van der Waals surface area contributed by atoms with Crippen LogP contribution in [-0.4, -0.2) is 11.0 Å². The van der Waals surface area contributed by atoms with Crippen LogP contribution in [0, 0.1) is 11.8 Å². The summed E-state index contributed by atoms with van der Waals surface area (Å²) in [6, 6.07) is 2.79. The molecule has 2 N–H and O–H groups in total. The van der Waals surface area contributed by atoms with Crippen LogP contribution in [0.5, 0.6) is 0 Å². The molecule has 1 aromatic heterocycles. The number of hydrogen-bond donors (Lipinski definition) is 2. The molecule has 0 bridgehead atoms. The molecular formula is C14H24N2. The first-order chi connectivity index (χ1) is 7.75. The van der Waals surface area contributed by atoms with Gasteiger partial charge in [-0.2, -0.15) is 0 Å². The topological polar surface area (TPSA) is 27.8 Å². The lowest BCUT2D eigenvalue weighted by molar-refractivity contribution is 0.230. The van der Waals surface area contributed by atoms with Crippen molar-refractivity contribution in [1.29, 1.82) is 0 Å². The van der Waals surface area contributed by atoms with Gasteiger partial charge in [0.05, 0.1) is 0 Å². The molecule has 1 aliphatic carbocycles. The normalized spacial score (nSPS) is 27.9. The van der Waals surface area contributed by atoms with Crippen molar-refractivity contribution in [3.8, 4) is 0 Å². The molecule has 2 heteroatoms. The molecule has 0 saturated heterocycles. The first-order valence-corrected chi connectivity index (χ1v) is 6.60. The Balaban J connectivity index is 1.76. The third-order valence-electron chi connectivity index (χ3n) is 3.97. The molecule has 0 radical (unpaired) electrons. The fraction of sp³-hybridized carbons (Fsp3) is 0.714. The van der Waals surface area contributed by atoms with Gasteiger partial charge in [0, 0.05) is 25.0 Å². The fourth-order valence-electron chi connectivity index (χ4n) is 2.85. The van der Waals surface area contributed by atoms with E-state index in [1.54, 1.807) is 0 Å². The van der Waals surface area contributed by atoms with Crippen molar-refractivity contribution < 1.29 is 0 Å². The molecule has 1 saturated carbocycles. The van der Waals surface area contributed by atoms with E-state index < -0.39 is 0 Å². The van der Waals surface area contributed by atoms with Crippen molar-refractivity contribution in [3.05, 3.63) is 24.0 Å². The smallest absolute Gasteiger partial charge is 0.0223 e. The highest BCUT2D eigenvalue weighted by Crippen LogP contribution is 2.30. The Bertz CT molecular complexity index is 292. The minimum atomic E-state index is 0.651. The minimum absolute atomic E-state index is 0.651. The monoisotopic (exact) mass is 220 g/mol. The van der Waals surface area contributed by atoms with Gasteiger partial charge < -0.3 is 10.3 Å². The fourth-order valence-corrected chi connectivity index (χ4v) is 2.85. The van der Waals surface area contributed by atoms with E-state index in [2.05, 4.69) is 36.4 Å². The van der Waals surface area contributed by atoms with Crippen LogP contribution < -0.4 is 5.32 Å². The summed E-state index contributed by atoms with van der Waals surface area (Å²) in [4.78, 5) is 3.10. The van der Waals surface area contributed by atoms with E-state index in [1.807, 2.05) is 6.20 Å². The summed E-state index contributed by atoms with van der Waals surface area (Å²) < 4.78 is 0. The largest absolute Gasteiger partial charge is 0.367 e. The van der Waals surface area contributed by atoms with Gasteiger partial charge in [-0.25, -0.2) is 0 Å². The van der Waals surface area contributed by atoms with Crippen molar-refractivity contribution in [2.24, 2.45) is 11.8 Å². The first-order valence-electron chi connectivity index (χ1n) is 6.60. The summed E-state index contributed by atoms with van der Waals surface area (Å²) in [6.07, 6.45) is 9.73. The van der Waals surface area contributed by atoms with Crippen LogP contribution in [-0.2, 0) is 6.54 Å². The Morgan fingerprint density at radius 2 is 2.38 bits per heavy atom. The maximum Gasteiger partial charge on any atom is 0.0223 e. The Kier molecular flexibility index (Phi) is 4.05. The van der Waals surface area contributed by atoms with Crippen LogP contribution in [0.25, 0.3) is 0 Å². The SMILES string of the molecule is CC1CCCC(C(C)NCc2cc[nH]c2)C1. The zero-order valence-corrected chi connectivity index (χ0v) is 10.5. The minimum Gasteiger partial charge on any atom is -0.367 e. The molecule has 0 aliphatic heterocycles. The molecule has 16 heavy (non-hydrogen) atoms. The number of H-pyrrole nitrogens is 1. The average molecular weight is 220 g/mol. The van der Waals surface area contributed by atoms with Crippen molar-refractivity contribution in [2.75, 3.05) is 0 Å². The molecule has 1 heterocycles. The quantitative estimate of drug-likeness (QED) is 0.800. The number of hydrogen-bond acceptors (Lipinski definition) is 1. The van der Waals surface area contributed by atoms with Crippen LogP contribution in [0.2, 0.25) is 0 Å². The number of aromatic nitrogens is 1. The third kappa shape index (κ3) is 3.11. The van der Waals surface area contributed by atoms with Crippen LogP contribution in [0.1, 0.15) is 45.1 Å². The lowest BCUT2D eigenvalue weighted by atomic mass is 9.79. The van der Waals surface area contributed by atoms with Gasteiger partial charge in [-0.3, -0.25) is 0 Å². The lowest BCUT2D eigenvalue weighted by Gasteiger charge is -2.31. The van der Waals surface area contributed by atoms with E-state index >= 15 is 0 Å². The van der Waals surface area contributed by atoms with E-state index in [9.17, 15) is 0 Å². The highest BCUT2D eigenvalue weighted by Gasteiger charge is 2.23. The second kappa shape index (κ2) is 5.53. The highest BCUT2D eigenvalue weighted by molar-refractivity contribution is 5.07. The van der Waals surface area contributed by atoms with Gasteiger partial charge in [0.2, 0.25) is 0 Å². The van der Waals surface area contributed by atoms with Crippen molar-refractivity contribution in [1.82, 2.24) is 10.3 Å². The molecule has 3 atom stereocenters. The molecule has 0 amide bonds. The summed E-state index contributed by atoms with van der Waals surface area (Å²) in [5.41, 5.74) is 1.36. The second-order valence-corrected chi connectivity index (χ2v) is 5.42. The molecular weight excluding hydrogens is 196 g/mol. The van der Waals surface area contributed by atoms with Gasteiger partial charge in [-0.1, -0.05) is 19.8 Å². The molecule has 0 spiro atoms. The maximum atomic E-state index is 3.66. The standard InChI is InChI=1S/C14H24N2/c1-11-4-3-5-14(8-11)12(2)16-10-13-6-7-15-9-13/h6-7,9,11-12,14-16H,3-5,8,10H2,1-2H3. The van der Waals surface area contributed by atoms with E-state index in [-0.39, 0.29) is 0 Å². The first kappa shape index (κ1) is 11.7. The predicted molar refractivity (Wildman–Crippen MR) is 68.2 cm³/mol. The van der Waals surface area contributed by atoms with Gasteiger partial charge in [0.1, 0.15) is 0 Å². The number of rotatable bonds is 4. The van der Waals surface area contributed by atoms with Gasteiger partial charge in [-0.15, -0.1) is 0 Å². The number of nitrogens with one attached hydrogen (secondary N) is 2. The predicted octanol–water partition coefficient (Wildman–Crippen LogP) is 3.32. The zero-order valence-electron chi connectivity index (χ0n) is 10.5. The molecule has 1 fully saturated rings. The summed E-state index contributed by atoms with van der Waals surface area (Å²) in [6.45, 7) is 5.73. The average Bonchev–Trinajstić information content (AvgIpc) is 2.78. The van der Waals surface area contributed by atoms with Crippen molar-refractivity contribution >= 4 is 0 Å². The third-order valence-corrected chi connectivity index (χ3v) is 3.97. The van der Waals surface area contributed by atoms with Gasteiger partial charge in [-0.05, 0) is 43.2 Å². The zero-order chi connectivity index (χ0) is 11.4. The maximum absolute atomic E-state index is 3.66. The summed E-state index contributed by atoms with van der Waals surface area (Å²) in [5, 5.41) is 3.66. The molecule has 3 unspecified atom stereocenters. The molecule has 1 aromatic rings. The van der Waals surface area contributed by atoms with Crippen LogP contribution in [0.4, 0.5) is 0 Å². The van der Waals surface area contributed by atoms with Gasteiger partial charge in [0.15, 0.2) is 0 Å².